The molecule has 2 N–H and O–H groups in total. The molecule has 92 valence electrons. The van der Waals surface area contributed by atoms with Crippen molar-refractivity contribution in [3.05, 3.63) is 35.5 Å². The van der Waals surface area contributed by atoms with E-state index in [-0.39, 0.29) is 0 Å². The number of hydrogen-bond acceptors (Lipinski definition) is 2. The highest BCUT2D eigenvalue weighted by Gasteiger charge is 2.10. The van der Waals surface area contributed by atoms with Gasteiger partial charge in [-0.25, -0.2) is 0 Å². The number of aromatic nitrogens is 1. The third-order valence-electron chi connectivity index (χ3n) is 2.97. The molecule has 2 aromatic rings. The summed E-state index contributed by atoms with van der Waals surface area (Å²) in [6.45, 7) is 5.08. The molecule has 0 fully saturated rings. The Kier molecular flexibility index (Phi) is 3.79. The first-order valence-corrected chi connectivity index (χ1v) is 7.05. The minimum atomic E-state index is 0.612. The number of nitrogens with zero attached hydrogens (tertiary/aromatic N) is 1. The molecule has 0 amide bonds. The zero-order valence-corrected chi connectivity index (χ0v) is 11.6. The van der Waals surface area contributed by atoms with Gasteiger partial charge in [0.15, 0.2) is 0 Å². The summed E-state index contributed by atoms with van der Waals surface area (Å²) in [5.41, 5.74) is 9.78. The summed E-state index contributed by atoms with van der Waals surface area (Å²) in [4.78, 5) is 0. The van der Waals surface area contributed by atoms with Gasteiger partial charge in [-0.1, -0.05) is 26.0 Å². The maximum absolute atomic E-state index is 5.83. The molecule has 0 spiro atoms. The van der Waals surface area contributed by atoms with E-state index in [0.29, 0.717) is 11.8 Å². The number of aryl methyl sites for hydroxylation is 1. The van der Waals surface area contributed by atoms with Crippen molar-refractivity contribution < 1.29 is 0 Å². The molecule has 0 saturated carbocycles. The number of benzene rings is 1. The highest BCUT2D eigenvalue weighted by Crippen LogP contribution is 2.28. The number of fused-ring (bicyclic) bond motifs is 1. The quantitative estimate of drug-likeness (QED) is 0.900. The Bertz CT molecular complexity index is 514. The van der Waals surface area contributed by atoms with E-state index in [2.05, 4.69) is 49.9 Å². The third kappa shape index (κ3) is 2.50. The van der Waals surface area contributed by atoms with Gasteiger partial charge < -0.3 is 10.3 Å². The number of thioether (sulfide) groups is 1. The Balaban J connectivity index is 2.48. The average Bonchev–Trinajstić information content (AvgIpc) is 2.64. The normalized spacial score (nSPS) is 11.6. The fourth-order valence-corrected chi connectivity index (χ4v) is 2.89. The molecular weight excluding hydrogens is 228 g/mol. The summed E-state index contributed by atoms with van der Waals surface area (Å²) in [5, 5.41) is 2.01. The van der Waals surface area contributed by atoms with E-state index in [9.17, 15) is 0 Å². The van der Waals surface area contributed by atoms with Crippen LogP contribution in [0.5, 0.6) is 0 Å². The van der Waals surface area contributed by atoms with Crippen molar-refractivity contribution in [2.45, 2.75) is 31.4 Å². The topological polar surface area (TPSA) is 30.9 Å². The molecule has 0 saturated heterocycles. The van der Waals surface area contributed by atoms with Gasteiger partial charge in [-0.2, -0.15) is 11.8 Å². The fourth-order valence-electron chi connectivity index (χ4n) is 2.16. The molecule has 1 heterocycles. The van der Waals surface area contributed by atoms with Gasteiger partial charge >= 0.3 is 0 Å². The lowest BCUT2D eigenvalue weighted by Gasteiger charge is -2.06. The molecule has 0 radical (unpaired) electrons. The first-order valence-electron chi connectivity index (χ1n) is 6.01. The molecule has 0 aliphatic rings. The van der Waals surface area contributed by atoms with Crippen LogP contribution < -0.4 is 5.73 Å². The van der Waals surface area contributed by atoms with Crippen LogP contribution in [0, 0.1) is 0 Å². The molecule has 17 heavy (non-hydrogen) atoms. The number of rotatable bonds is 4. The van der Waals surface area contributed by atoms with Gasteiger partial charge in [-0.05, 0) is 22.4 Å². The maximum Gasteiger partial charge on any atom is 0.0484 e. The van der Waals surface area contributed by atoms with Gasteiger partial charge in [0.1, 0.15) is 0 Å². The van der Waals surface area contributed by atoms with Crippen LogP contribution >= 0.6 is 11.8 Å². The van der Waals surface area contributed by atoms with Crippen LogP contribution in [0.25, 0.3) is 10.9 Å². The summed E-state index contributed by atoms with van der Waals surface area (Å²) in [6.07, 6.45) is 2.24. The molecule has 2 nitrogen and oxygen atoms in total. The third-order valence-corrected chi connectivity index (χ3v) is 4.12. The Morgan fingerprint density at radius 3 is 2.71 bits per heavy atom. The van der Waals surface area contributed by atoms with Crippen LogP contribution in [-0.2, 0) is 19.3 Å². The standard InChI is InChI=1S/C14H20N2S/c1-10(2)17-9-12-8-16(3)13-6-4-5-11(7-15)14(12)13/h4-6,8,10H,7,9,15H2,1-3H3. The van der Waals surface area contributed by atoms with Crippen LogP contribution in [0.15, 0.2) is 24.4 Å². The van der Waals surface area contributed by atoms with Gasteiger partial charge in [-0.3, -0.25) is 0 Å². The Hall–Kier alpha value is -0.930. The van der Waals surface area contributed by atoms with E-state index in [1.165, 1.54) is 22.0 Å². The van der Waals surface area contributed by atoms with Crippen LogP contribution in [-0.4, -0.2) is 9.82 Å². The number of hydrogen-bond donors (Lipinski definition) is 1. The minimum Gasteiger partial charge on any atom is -0.350 e. The largest absolute Gasteiger partial charge is 0.350 e. The van der Waals surface area contributed by atoms with Crippen molar-refractivity contribution in [3.8, 4) is 0 Å². The molecule has 3 heteroatoms. The summed E-state index contributed by atoms with van der Waals surface area (Å²) in [5.74, 6) is 1.06. The molecule has 0 bridgehead atoms. The monoisotopic (exact) mass is 248 g/mol. The SMILES string of the molecule is CC(C)SCc1cn(C)c2cccc(CN)c12. The average molecular weight is 248 g/mol. The maximum atomic E-state index is 5.83. The molecule has 1 aromatic carbocycles. The van der Waals surface area contributed by atoms with Crippen molar-refractivity contribution in [1.29, 1.82) is 0 Å². The predicted molar refractivity (Wildman–Crippen MR) is 77.2 cm³/mol. The predicted octanol–water partition coefficient (Wildman–Crippen LogP) is 3.28. The van der Waals surface area contributed by atoms with Crippen molar-refractivity contribution in [3.63, 3.8) is 0 Å². The van der Waals surface area contributed by atoms with E-state index in [0.717, 1.165) is 5.75 Å². The Morgan fingerprint density at radius 2 is 2.06 bits per heavy atom. The zero-order chi connectivity index (χ0) is 12.4. The summed E-state index contributed by atoms with van der Waals surface area (Å²) >= 11 is 1.98. The second-order valence-corrected chi connectivity index (χ2v) is 6.21. The first-order chi connectivity index (χ1) is 8.13. The minimum absolute atomic E-state index is 0.612. The molecule has 1 aromatic heterocycles. The second kappa shape index (κ2) is 5.15. The Morgan fingerprint density at radius 1 is 1.29 bits per heavy atom. The van der Waals surface area contributed by atoms with E-state index in [4.69, 9.17) is 5.73 Å². The number of nitrogens with two attached hydrogens (primary N) is 1. The lowest BCUT2D eigenvalue weighted by Crippen LogP contribution is -1.98. The van der Waals surface area contributed by atoms with Crippen LogP contribution in [0.1, 0.15) is 25.0 Å². The molecule has 0 unspecified atom stereocenters. The first kappa shape index (κ1) is 12.5. The van der Waals surface area contributed by atoms with Crippen molar-refractivity contribution in [2.24, 2.45) is 12.8 Å². The van der Waals surface area contributed by atoms with Crippen molar-refractivity contribution in [2.75, 3.05) is 0 Å². The highest BCUT2D eigenvalue weighted by atomic mass is 32.2. The Labute approximate surface area is 107 Å². The fraction of sp³-hybridized carbons (Fsp3) is 0.429. The van der Waals surface area contributed by atoms with E-state index >= 15 is 0 Å². The smallest absolute Gasteiger partial charge is 0.0484 e. The summed E-state index contributed by atoms with van der Waals surface area (Å²) in [6, 6.07) is 6.38. The van der Waals surface area contributed by atoms with Crippen molar-refractivity contribution >= 4 is 22.7 Å². The molecule has 2 rings (SSSR count). The zero-order valence-electron chi connectivity index (χ0n) is 10.7. The molecule has 0 aliphatic heterocycles. The lowest BCUT2D eigenvalue weighted by molar-refractivity contribution is 0.962. The van der Waals surface area contributed by atoms with Crippen LogP contribution in [0.2, 0.25) is 0 Å². The second-order valence-electron chi connectivity index (χ2n) is 4.64. The van der Waals surface area contributed by atoms with Gasteiger partial charge in [0, 0.05) is 36.4 Å². The summed E-state index contributed by atoms with van der Waals surface area (Å²) in [7, 11) is 2.10. The van der Waals surface area contributed by atoms with Crippen LogP contribution in [0.4, 0.5) is 0 Å². The van der Waals surface area contributed by atoms with Crippen LogP contribution in [0.3, 0.4) is 0 Å². The van der Waals surface area contributed by atoms with Gasteiger partial charge in [0.05, 0.1) is 0 Å². The van der Waals surface area contributed by atoms with Gasteiger partial charge in [0.25, 0.3) is 0 Å². The highest BCUT2D eigenvalue weighted by molar-refractivity contribution is 7.99. The molecule has 0 aliphatic carbocycles. The van der Waals surface area contributed by atoms with Crippen molar-refractivity contribution in [1.82, 2.24) is 4.57 Å². The molecular formula is C14H20N2S. The van der Waals surface area contributed by atoms with E-state index < -0.39 is 0 Å². The van der Waals surface area contributed by atoms with E-state index in [1.54, 1.807) is 0 Å². The lowest BCUT2D eigenvalue weighted by atomic mass is 10.1. The van der Waals surface area contributed by atoms with Gasteiger partial charge in [0.2, 0.25) is 0 Å². The van der Waals surface area contributed by atoms with Gasteiger partial charge in [-0.15, -0.1) is 0 Å². The van der Waals surface area contributed by atoms with E-state index in [1.807, 2.05) is 11.8 Å². The molecule has 0 atom stereocenters. The summed E-state index contributed by atoms with van der Waals surface area (Å²) < 4.78 is 2.20.